The Kier molecular flexibility index (Phi) is 5.50. The molecule has 136 valence electrons. The molecular formula is C17H27N7O. The van der Waals surface area contributed by atoms with E-state index in [1.54, 1.807) is 0 Å². The molecule has 8 heteroatoms. The van der Waals surface area contributed by atoms with Gasteiger partial charge in [0.15, 0.2) is 0 Å². The zero-order valence-corrected chi connectivity index (χ0v) is 15.2. The molecule has 1 fully saturated rings. The molecule has 0 unspecified atom stereocenters. The number of nitrogens with zero attached hydrogens (tertiary/aromatic N) is 6. The fraction of sp³-hybridized carbons (Fsp3) is 0.588. The van der Waals surface area contributed by atoms with Crippen LogP contribution in [0.15, 0.2) is 12.4 Å². The number of likely N-dealkylation sites (N-methyl/N-ethyl adjacent to an activating group) is 1. The Morgan fingerprint density at radius 1 is 1.12 bits per heavy atom. The first-order valence-corrected chi connectivity index (χ1v) is 8.71. The summed E-state index contributed by atoms with van der Waals surface area (Å²) in [6.45, 7) is 9.20. The minimum absolute atomic E-state index is 0.0675. The quantitative estimate of drug-likeness (QED) is 0.795. The Hall–Kier alpha value is -2.19. The predicted octanol–water partition coefficient (Wildman–Crippen LogP) is 0.646. The van der Waals surface area contributed by atoms with Crippen molar-refractivity contribution in [1.29, 1.82) is 0 Å². The zero-order chi connectivity index (χ0) is 17.8. The highest BCUT2D eigenvalue weighted by atomic mass is 16.3. The van der Waals surface area contributed by atoms with Crippen LogP contribution in [0.25, 0.3) is 0 Å². The number of hydrogen-bond acceptors (Lipinski definition) is 7. The summed E-state index contributed by atoms with van der Waals surface area (Å²) in [5, 5.41) is 17.0. The third-order valence-electron chi connectivity index (χ3n) is 4.68. The molecule has 2 aromatic rings. The lowest BCUT2D eigenvalue weighted by Crippen LogP contribution is -2.45. The van der Waals surface area contributed by atoms with Crippen molar-refractivity contribution in [1.82, 2.24) is 24.6 Å². The molecule has 1 saturated heterocycles. The first kappa shape index (κ1) is 17.6. The molecule has 3 heterocycles. The van der Waals surface area contributed by atoms with Gasteiger partial charge in [0.05, 0.1) is 18.8 Å². The summed E-state index contributed by atoms with van der Waals surface area (Å²) in [7, 11) is 2.14. The van der Waals surface area contributed by atoms with E-state index in [-0.39, 0.29) is 6.61 Å². The molecule has 3 rings (SSSR count). The molecule has 2 N–H and O–H groups in total. The Morgan fingerprint density at radius 2 is 1.80 bits per heavy atom. The van der Waals surface area contributed by atoms with E-state index in [4.69, 9.17) is 0 Å². The van der Waals surface area contributed by atoms with Crippen molar-refractivity contribution < 1.29 is 5.11 Å². The van der Waals surface area contributed by atoms with Crippen LogP contribution >= 0.6 is 0 Å². The molecule has 8 nitrogen and oxygen atoms in total. The molecule has 0 aliphatic carbocycles. The summed E-state index contributed by atoms with van der Waals surface area (Å²) in [5.41, 5.74) is 3.09. The van der Waals surface area contributed by atoms with Crippen LogP contribution in [0, 0.1) is 13.8 Å². The average Bonchev–Trinajstić information content (AvgIpc) is 2.88. The van der Waals surface area contributed by atoms with Crippen molar-refractivity contribution in [2.75, 3.05) is 50.1 Å². The molecule has 0 radical (unpaired) electrons. The highest BCUT2D eigenvalue weighted by Gasteiger charge is 2.16. The standard InChI is InChI=1S/C17H27N7O/c1-13-14(2)21-24(8-9-25)16(13)18-10-15-11-19-17(20-12-15)23-6-4-22(3)5-7-23/h11-12,18,25H,4-10H2,1-3H3. The summed E-state index contributed by atoms with van der Waals surface area (Å²) in [6.07, 6.45) is 3.76. The molecule has 0 bridgehead atoms. The second-order valence-corrected chi connectivity index (χ2v) is 6.54. The topological polar surface area (TPSA) is 82.3 Å². The van der Waals surface area contributed by atoms with Crippen molar-refractivity contribution in [2.45, 2.75) is 26.9 Å². The zero-order valence-electron chi connectivity index (χ0n) is 15.2. The third kappa shape index (κ3) is 4.08. The molecule has 0 spiro atoms. The Morgan fingerprint density at radius 3 is 2.44 bits per heavy atom. The highest BCUT2D eigenvalue weighted by molar-refractivity contribution is 5.47. The maximum atomic E-state index is 9.18. The van der Waals surface area contributed by atoms with Gasteiger partial charge < -0.3 is 20.2 Å². The predicted molar refractivity (Wildman–Crippen MR) is 97.9 cm³/mol. The molecule has 1 aliphatic rings. The monoisotopic (exact) mass is 345 g/mol. The smallest absolute Gasteiger partial charge is 0.225 e. The van der Waals surface area contributed by atoms with E-state index in [9.17, 15) is 5.11 Å². The number of nitrogens with one attached hydrogen (secondary N) is 1. The third-order valence-corrected chi connectivity index (χ3v) is 4.68. The van der Waals surface area contributed by atoms with Crippen LogP contribution in [0.3, 0.4) is 0 Å². The van der Waals surface area contributed by atoms with Crippen molar-refractivity contribution in [3.63, 3.8) is 0 Å². The van der Waals surface area contributed by atoms with E-state index >= 15 is 0 Å². The molecule has 0 atom stereocenters. The van der Waals surface area contributed by atoms with E-state index < -0.39 is 0 Å². The molecule has 0 aromatic carbocycles. The fourth-order valence-electron chi connectivity index (χ4n) is 2.95. The van der Waals surface area contributed by atoms with Crippen LogP contribution in [-0.2, 0) is 13.1 Å². The maximum absolute atomic E-state index is 9.18. The minimum atomic E-state index is 0.0675. The molecule has 0 saturated carbocycles. The fourth-order valence-corrected chi connectivity index (χ4v) is 2.95. The number of piperazine rings is 1. The second-order valence-electron chi connectivity index (χ2n) is 6.54. The van der Waals surface area contributed by atoms with Gasteiger partial charge in [-0.3, -0.25) is 0 Å². The lowest BCUT2D eigenvalue weighted by molar-refractivity contribution is 0.270. The number of aliphatic hydroxyl groups excluding tert-OH is 1. The van der Waals surface area contributed by atoms with Crippen LogP contribution < -0.4 is 10.2 Å². The number of hydrogen-bond donors (Lipinski definition) is 2. The maximum Gasteiger partial charge on any atom is 0.225 e. The van der Waals surface area contributed by atoms with Crippen LogP contribution in [0.5, 0.6) is 0 Å². The number of aliphatic hydroxyl groups is 1. The van der Waals surface area contributed by atoms with Gasteiger partial charge in [-0.1, -0.05) is 0 Å². The van der Waals surface area contributed by atoms with E-state index in [2.05, 4.69) is 37.2 Å². The van der Waals surface area contributed by atoms with Gasteiger partial charge >= 0.3 is 0 Å². The van der Waals surface area contributed by atoms with Crippen LogP contribution in [-0.4, -0.2) is 69.6 Å². The number of anilines is 2. The number of rotatable bonds is 6. The van der Waals surface area contributed by atoms with Gasteiger partial charge in [-0.25, -0.2) is 14.6 Å². The average molecular weight is 345 g/mol. The first-order chi connectivity index (χ1) is 12.1. The van der Waals surface area contributed by atoms with Gasteiger partial charge in [0, 0.05) is 56.2 Å². The summed E-state index contributed by atoms with van der Waals surface area (Å²) in [5.74, 6) is 1.74. The van der Waals surface area contributed by atoms with E-state index in [0.717, 1.165) is 54.8 Å². The number of aromatic nitrogens is 4. The SMILES string of the molecule is Cc1nn(CCO)c(NCc2cnc(N3CCN(C)CC3)nc2)c1C. The highest BCUT2D eigenvalue weighted by Crippen LogP contribution is 2.19. The van der Waals surface area contributed by atoms with E-state index in [1.165, 1.54) is 0 Å². The summed E-state index contributed by atoms with van der Waals surface area (Å²) >= 11 is 0. The lowest BCUT2D eigenvalue weighted by Gasteiger charge is -2.32. The Bertz CT molecular complexity index is 690. The van der Waals surface area contributed by atoms with E-state index in [1.807, 2.05) is 30.9 Å². The molecule has 25 heavy (non-hydrogen) atoms. The van der Waals surface area contributed by atoms with Crippen molar-refractivity contribution in [3.05, 3.63) is 29.2 Å². The van der Waals surface area contributed by atoms with Crippen LogP contribution in [0.4, 0.5) is 11.8 Å². The van der Waals surface area contributed by atoms with Gasteiger partial charge in [0.2, 0.25) is 5.95 Å². The van der Waals surface area contributed by atoms with Gasteiger partial charge in [-0.15, -0.1) is 0 Å². The van der Waals surface area contributed by atoms with Crippen molar-refractivity contribution >= 4 is 11.8 Å². The van der Waals surface area contributed by atoms with E-state index in [0.29, 0.717) is 13.1 Å². The second kappa shape index (κ2) is 7.79. The van der Waals surface area contributed by atoms with Crippen LogP contribution in [0.2, 0.25) is 0 Å². The molecule has 1 aliphatic heterocycles. The summed E-state index contributed by atoms with van der Waals surface area (Å²) in [6, 6.07) is 0. The largest absolute Gasteiger partial charge is 0.394 e. The Labute approximate surface area is 148 Å². The molecule has 2 aromatic heterocycles. The summed E-state index contributed by atoms with van der Waals surface area (Å²) < 4.78 is 1.81. The molecule has 0 amide bonds. The van der Waals surface area contributed by atoms with Gasteiger partial charge in [-0.2, -0.15) is 5.10 Å². The lowest BCUT2D eigenvalue weighted by atomic mass is 10.2. The normalized spacial score (nSPS) is 15.6. The van der Waals surface area contributed by atoms with Crippen LogP contribution in [0.1, 0.15) is 16.8 Å². The van der Waals surface area contributed by atoms with Gasteiger partial charge in [-0.05, 0) is 20.9 Å². The minimum Gasteiger partial charge on any atom is -0.394 e. The number of aryl methyl sites for hydroxylation is 1. The van der Waals surface area contributed by atoms with Crippen molar-refractivity contribution in [3.8, 4) is 0 Å². The van der Waals surface area contributed by atoms with Crippen molar-refractivity contribution in [2.24, 2.45) is 0 Å². The van der Waals surface area contributed by atoms with Gasteiger partial charge in [0.25, 0.3) is 0 Å². The van der Waals surface area contributed by atoms with Gasteiger partial charge in [0.1, 0.15) is 5.82 Å². The summed E-state index contributed by atoms with van der Waals surface area (Å²) in [4.78, 5) is 13.6. The Balaban J connectivity index is 1.63. The first-order valence-electron chi connectivity index (χ1n) is 8.71. The molecular weight excluding hydrogens is 318 g/mol.